The van der Waals surface area contributed by atoms with Gasteiger partial charge in [0.2, 0.25) is 0 Å². The van der Waals surface area contributed by atoms with Crippen LogP contribution in [0, 0.1) is 5.92 Å². The summed E-state index contributed by atoms with van der Waals surface area (Å²) < 4.78 is 10.3. The first-order valence-corrected chi connectivity index (χ1v) is 8.87. The number of ketones is 1. The van der Waals surface area contributed by atoms with Crippen LogP contribution >= 0.6 is 0 Å². The van der Waals surface area contributed by atoms with Crippen LogP contribution in [0.2, 0.25) is 0 Å². The van der Waals surface area contributed by atoms with Gasteiger partial charge in [-0.25, -0.2) is 0 Å². The molecule has 0 bridgehead atoms. The molecule has 0 spiro atoms. The number of ether oxygens (including phenoxy) is 2. The highest BCUT2D eigenvalue weighted by atomic mass is 16.5. The molecule has 0 unspecified atom stereocenters. The molecule has 3 rings (SSSR count). The summed E-state index contributed by atoms with van der Waals surface area (Å²) >= 11 is 0. The average molecular weight is 355 g/mol. The third-order valence-corrected chi connectivity index (χ3v) is 4.88. The number of methoxy groups -OCH3 is 2. The van der Waals surface area contributed by atoms with Gasteiger partial charge in [0, 0.05) is 24.6 Å². The Morgan fingerprint density at radius 3 is 2.77 bits per heavy atom. The maximum Gasteiger partial charge on any atom is 0.167 e. The van der Waals surface area contributed by atoms with Crippen molar-refractivity contribution in [3.8, 4) is 17.2 Å². The number of phenols is 1. The van der Waals surface area contributed by atoms with Gasteiger partial charge in [-0.2, -0.15) is 0 Å². The Labute approximate surface area is 154 Å². The number of nitrogens with zero attached hydrogens (tertiary/aromatic N) is 1. The maximum absolute atomic E-state index is 12.9. The topological polar surface area (TPSA) is 59.0 Å². The van der Waals surface area contributed by atoms with Crippen molar-refractivity contribution in [2.45, 2.75) is 19.4 Å². The minimum Gasteiger partial charge on any atom is -0.504 e. The summed E-state index contributed by atoms with van der Waals surface area (Å²) in [6.07, 6.45) is 1.89. The van der Waals surface area contributed by atoms with Gasteiger partial charge in [0.15, 0.2) is 17.3 Å². The molecule has 1 fully saturated rings. The first kappa shape index (κ1) is 18.3. The average Bonchev–Trinajstić information content (AvgIpc) is 2.68. The number of benzene rings is 2. The number of carbonyl (C=O) groups excluding carboxylic acids is 1. The molecule has 1 aliphatic rings. The van der Waals surface area contributed by atoms with Crippen molar-refractivity contribution in [3.63, 3.8) is 0 Å². The Kier molecular flexibility index (Phi) is 5.78. The first-order valence-electron chi connectivity index (χ1n) is 8.87. The van der Waals surface area contributed by atoms with Gasteiger partial charge in [-0.15, -0.1) is 0 Å². The molecule has 5 heteroatoms. The molecular weight excluding hydrogens is 330 g/mol. The summed E-state index contributed by atoms with van der Waals surface area (Å²) in [6, 6.07) is 12.8. The monoisotopic (exact) mass is 355 g/mol. The number of aromatic hydroxyl groups is 1. The number of likely N-dealkylation sites (tertiary alicyclic amines) is 1. The van der Waals surface area contributed by atoms with Crippen molar-refractivity contribution >= 4 is 5.78 Å². The molecule has 26 heavy (non-hydrogen) atoms. The lowest BCUT2D eigenvalue weighted by Gasteiger charge is -2.32. The summed E-state index contributed by atoms with van der Waals surface area (Å²) in [7, 11) is 3.14. The Morgan fingerprint density at radius 2 is 2.04 bits per heavy atom. The molecule has 1 saturated heterocycles. The minimum atomic E-state index is -0.0114. The second kappa shape index (κ2) is 8.23. The van der Waals surface area contributed by atoms with Crippen LogP contribution in [0.1, 0.15) is 28.8 Å². The standard InChI is InChI=1S/C21H25NO4/c1-25-18-7-3-5-16(12-18)21(24)17-6-4-10-22(14-17)13-15-8-9-20(26-2)19(23)11-15/h3,5,7-9,11-12,17,23H,4,6,10,13-14H2,1-2H3/t17-/m1/s1. The van der Waals surface area contributed by atoms with E-state index in [2.05, 4.69) is 4.90 Å². The third kappa shape index (κ3) is 4.17. The molecule has 1 N–H and O–H groups in total. The number of hydrogen-bond donors (Lipinski definition) is 1. The highest BCUT2D eigenvalue weighted by Gasteiger charge is 2.27. The van der Waals surface area contributed by atoms with E-state index < -0.39 is 0 Å². The van der Waals surface area contributed by atoms with E-state index in [1.807, 2.05) is 30.3 Å². The molecule has 138 valence electrons. The highest BCUT2D eigenvalue weighted by molar-refractivity contribution is 5.98. The number of carbonyl (C=O) groups is 1. The third-order valence-electron chi connectivity index (χ3n) is 4.88. The molecular formula is C21H25NO4. The summed E-state index contributed by atoms with van der Waals surface area (Å²) in [5.74, 6) is 1.48. The number of phenolic OH excluding ortho intramolecular Hbond substituents is 1. The minimum absolute atomic E-state index is 0.0114. The molecule has 0 radical (unpaired) electrons. The van der Waals surface area contributed by atoms with Crippen LogP contribution in [-0.2, 0) is 6.54 Å². The lowest BCUT2D eigenvalue weighted by atomic mass is 9.89. The van der Waals surface area contributed by atoms with E-state index in [4.69, 9.17) is 9.47 Å². The van der Waals surface area contributed by atoms with Crippen molar-refractivity contribution < 1.29 is 19.4 Å². The number of rotatable bonds is 6. The van der Waals surface area contributed by atoms with Crippen molar-refractivity contribution in [2.75, 3.05) is 27.3 Å². The van der Waals surface area contributed by atoms with Crippen molar-refractivity contribution in [3.05, 3.63) is 53.6 Å². The van der Waals surface area contributed by atoms with Gasteiger partial charge < -0.3 is 14.6 Å². The Bertz CT molecular complexity index is 774. The molecule has 5 nitrogen and oxygen atoms in total. The predicted octanol–water partition coefficient (Wildman–Crippen LogP) is 3.50. The normalized spacial score (nSPS) is 17.7. The van der Waals surface area contributed by atoms with Gasteiger partial charge >= 0.3 is 0 Å². The Balaban J connectivity index is 1.67. The summed E-state index contributed by atoms with van der Waals surface area (Å²) in [5, 5.41) is 9.95. The lowest BCUT2D eigenvalue weighted by Crippen LogP contribution is -2.38. The number of hydrogen-bond acceptors (Lipinski definition) is 5. The fraction of sp³-hybridized carbons (Fsp3) is 0.381. The van der Waals surface area contributed by atoms with Gasteiger partial charge in [0.05, 0.1) is 14.2 Å². The smallest absolute Gasteiger partial charge is 0.167 e. The molecule has 1 aliphatic heterocycles. The van der Waals surface area contributed by atoms with Crippen molar-refractivity contribution in [1.82, 2.24) is 4.90 Å². The van der Waals surface area contributed by atoms with Crippen LogP contribution in [0.3, 0.4) is 0 Å². The molecule has 0 aromatic heterocycles. The van der Waals surface area contributed by atoms with Gasteiger partial charge in [0.1, 0.15) is 5.75 Å². The second-order valence-electron chi connectivity index (χ2n) is 6.68. The molecule has 1 atom stereocenters. The van der Waals surface area contributed by atoms with Crippen LogP contribution in [0.4, 0.5) is 0 Å². The lowest BCUT2D eigenvalue weighted by molar-refractivity contribution is 0.0811. The quantitative estimate of drug-likeness (QED) is 0.804. The number of piperidine rings is 1. The van der Waals surface area contributed by atoms with Crippen molar-refractivity contribution in [1.29, 1.82) is 0 Å². The second-order valence-corrected chi connectivity index (χ2v) is 6.68. The fourth-order valence-corrected chi connectivity index (χ4v) is 3.52. The van der Waals surface area contributed by atoms with E-state index in [1.54, 1.807) is 19.2 Å². The molecule has 0 amide bonds. The van der Waals surface area contributed by atoms with E-state index in [-0.39, 0.29) is 17.5 Å². The van der Waals surface area contributed by atoms with E-state index in [0.29, 0.717) is 23.6 Å². The SMILES string of the molecule is COc1cccc(C(=O)[C@@H]2CCCN(Cc3ccc(OC)c(O)c3)C2)c1. The van der Waals surface area contributed by atoms with Gasteiger partial charge in [0.25, 0.3) is 0 Å². The summed E-state index contributed by atoms with van der Waals surface area (Å²) in [4.78, 5) is 15.1. The highest BCUT2D eigenvalue weighted by Crippen LogP contribution is 2.28. The fourth-order valence-electron chi connectivity index (χ4n) is 3.52. The molecule has 0 aliphatic carbocycles. The van der Waals surface area contributed by atoms with Crippen LogP contribution in [-0.4, -0.2) is 43.1 Å². The molecule has 2 aromatic carbocycles. The van der Waals surface area contributed by atoms with E-state index in [0.717, 1.165) is 31.5 Å². The summed E-state index contributed by atoms with van der Waals surface area (Å²) in [5.41, 5.74) is 1.72. The molecule has 0 saturated carbocycles. The zero-order chi connectivity index (χ0) is 18.5. The van der Waals surface area contributed by atoms with Crippen LogP contribution in [0.15, 0.2) is 42.5 Å². The van der Waals surface area contributed by atoms with Gasteiger partial charge in [-0.1, -0.05) is 18.2 Å². The predicted molar refractivity (Wildman–Crippen MR) is 100.0 cm³/mol. The van der Waals surface area contributed by atoms with E-state index >= 15 is 0 Å². The van der Waals surface area contributed by atoms with E-state index in [9.17, 15) is 9.90 Å². The maximum atomic E-state index is 12.9. The molecule has 1 heterocycles. The van der Waals surface area contributed by atoms with Crippen molar-refractivity contribution in [2.24, 2.45) is 5.92 Å². The van der Waals surface area contributed by atoms with Crippen LogP contribution in [0.5, 0.6) is 17.2 Å². The van der Waals surface area contributed by atoms with E-state index in [1.165, 1.54) is 7.11 Å². The largest absolute Gasteiger partial charge is 0.504 e. The van der Waals surface area contributed by atoms with Crippen LogP contribution in [0.25, 0.3) is 0 Å². The zero-order valence-corrected chi connectivity index (χ0v) is 15.3. The van der Waals surface area contributed by atoms with Gasteiger partial charge in [-0.3, -0.25) is 9.69 Å². The zero-order valence-electron chi connectivity index (χ0n) is 15.3. The number of Topliss-reactive ketones (excluding diaryl/α,β-unsaturated/α-hetero) is 1. The molecule has 2 aromatic rings. The Hall–Kier alpha value is -2.53. The first-order chi connectivity index (χ1) is 12.6. The Morgan fingerprint density at radius 1 is 1.19 bits per heavy atom. The summed E-state index contributed by atoms with van der Waals surface area (Å²) in [6.45, 7) is 2.39. The van der Waals surface area contributed by atoms with Crippen LogP contribution < -0.4 is 9.47 Å². The van der Waals surface area contributed by atoms with Gasteiger partial charge in [-0.05, 0) is 49.2 Å².